The molecule has 0 amide bonds. The predicted octanol–water partition coefficient (Wildman–Crippen LogP) is 4.07. The molecule has 3 aromatic carbocycles. The lowest BCUT2D eigenvalue weighted by molar-refractivity contribution is 0.104. The number of hydrogen-bond acceptors (Lipinski definition) is 4. The van der Waals surface area contributed by atoms with Crippen LogP contribution in [0.1, 0.15) is 21.5 Å². The number of carbonyl (C=O) groups excluding carboxylic acids is 1. The maximum Gasteiger partial charge on any atom is 0.240 e. The average Bonchev–Trinajstić information content (AvgIpc) is 2.77. The molecule has 3 rings (SSSR count). The van der Waals surface area contributed by atoms with E-state index in [1.807, 2.05) is 54.6 Å². The highest BCUT2D eigenvalue weighted by atomic mass is 32.2. The Bertz CT molecular complexity index is 1090. The Balaban J connectivity index is 1.60. The lowest BCUT2D eigenvalue weighted by atomic mass is 10.1. The summed E-state index contributed by atoms with van der Waals surface area (Å²) in [6.45, 7) is 0.494. The monoisotopic (exact) mass is 407 g/mol. The molecule has 0 spiro atoms. The number of ketones is 1. The fraction of sp³-hybridized carbons (Fsp3) is 0.0870. The van der Waals surface area contributed by atoms with Gasteiger partial charge in [0.2, 0.25) is 10.0 Å². The molecule has 0 aromatic heterocycles. The summed E-state index contributed by atoms with van der Waals surface area (Å²) in [5, 5.41) is 0. The molecule has 0 saturated carbocycles. The van der Waals surface area contributed by atoms with Crippen molar-refractivity contribution in [1.82, 2.24) is 4.72 Å². The molecule has 0 bridgehead atoms. The predicted molar refractivity (Wildman–Crippen MR) is 113 cm³/mol. The molecule has 0 radical (unpaired) electrons. The van der Waals surface area contributed by atoms with E-state index in [0.717, 1.165) is 16.9 Å². The minimum absolute atomic E-state index is 0.117. The van der Waals surface area contributed by atoms with Crippen LogP contribution in [0.4, 0.5) is 0 Å². The van der Waals surface area contributed by atoms with E-state index in [1.165, 1.54) is 37.4 Å². The van der Waals surface area contributed by atoms with Crippen molar-refractivity contribution in [3.05, 3.63) is 102 Å². The molecule has 6 heteroatoms. The smallest absolute Gasteiger partial charge is 0.240 e. The largest absolute Gasteiger partial charge is 0.489 e. The third-order valence-electron chi connectivity index (χ3n) is 4.27. The topological polar surface area (TPSA) is 72.5 Å². The SMILES string of the molecule is CNS(=O)(=O)c1ccc(C(=O)/C=C/c2ccc(OCc3ccccc3)cc2)cc1. The Morgan fingerprint density at radius 3 is 2.21 bits per heavy atom. The van der Waals surface area contributed by atoms with E-state index in [1.54, 1.807) is 6.08 Å². The van der Waals surface area contributed by atoms with Crippen molar-refractivity contribution in [3.63, 3.8) is 0 Å². The van der Waals surface area contributed by atoms with Gasteiger partial charge in [0.25, 0.3) is 0 Å². The zero-order valence-corrected chi connectivity index (χ0v) is 16.7. The van der Waals surface area contributed by atoms with E-state index in [2.05, 4.69) is 4.72 Å². The molecule has 0 saturated heterocycles. The number of allylic oxidation sites excluding steroid dienone is 1. The van der Waals surface area contributed by atoms with Gasteiger partial charge in [0, 0.05) is 5.56 Å². The van der Waals surface area contributed by atoms with Gasteiger partial charge in [-0.25, -0.2) is 13.1 Å². The van der Waals surface area contributed by atoms with E-state index in [-0.39, 0.29) is 10.7 Å². The number of carbonyl (C=O) groups is 1. The molecule has 0 aliphatic rings. The molecule has 5 nitrogen and oxygen atoms in total. The number of sulfonamides is 1. The second-order valence-corrected chi connectivity index (χ2v) is 8.16. The Labute approximate surface area is 170 Å². The van der Waals surface area contributed by atoms with Crippen LogP contribution < -0.4 is 9.46 Å². The lowest BCUT2D eigenvalue weighted by Crippen LogP contribution is -2.18. The van der Waals surface area contributed by atoms with Crippen molar-refractivity contribution >= 4 is 21.9 Å². The van der Waals surface area contributed by atoms with Crippen molar-refractivity contribution in [1.29, 1.82) is 0 Å². The van der Waals surface area contributed by atoms with Crippen LogP contribution in [0.2, 0.25) is 0 Å². The summed E-state index contributed by atoms with van der Waals surface area (Å²) in [4.78, 5) is 12.4. The third kappa shape index (κ3) is 5.63. The van der Waals surface area contributed by atoms with Crippen LogP contribution in [0.5, 0.6) is 5.75 Å². The fourth-order valence-corrected chi connectivity index (χ4v) is 3.33. The van der Waals surface area contributed by atoms with Gasteiger partial charge in [-0.3, -0.25) is 4.79 Å². The van der Waals surface area contributed by atoms with Crippen LogP contribution in [-0.4, -0.2) is 21.2 Å². The van der Waals surface area contributed by atoms with Gasteiger partial charge in [-0.15, -0.1) is 0 Å². The summed E-state index contributed by atoms with van der Waals surface area (Å²) in [7, 11) is -2.17. The zero-order chi connectivity index (χ0) is 20.7. The van der Waals surface area contributed by atoms with Gasteiger partial charge >= 0.3 is 0 Å². The van der Waals surface area contributed by atoms with Crippen molar-refractivity contribution in [2.45, 2.75) is 11.5 Å². The molecule has 1 N–H and O–H groups in total. The molecule has 0 fully saturated rings. The van der Waals surface area contributed by atoms with Crippen LogP contribution >= 0.6 is 0 Å². The number of ether oxygens (including phenoxy) is 1. The van der Waals surface area contributed by atoms with Crippen LogP contribution in [0, 0.1) is 0 Å². The Kier molecular flexibility index (Phi) is 6.59. The lowest BCUT2D eigenvalue weighted by Gasteiger charge is -2.06. The standard InChI is InChI=1S/C23H21NO4S/c1-24-29(26,27)22-14-10-20(11-15-22)23(25)16-9-18-7-12-21(13-8-18)28-17-19-5-3-2-4-6-19/h2-16,24H,17H2,1H3/b16-9+. The summed E-state index contributed by atoms with van der Waals surface area (Å²) in [5.74, 6) is 0.543. The van der Waals surface area contributed by atoms with E-state index in [4.69, 9.17) is 4.74 Å². The molecule has 0 aliphatic carbocycles. The summed E-state index contributed by atoms with van der Waals surface area (Å²) >= 11 is 0. The fourth-order valence-electron chi connectivity index (χ4n) is 2.60. The van der Waals surface area contributed by atoms with Gasteiger partial charge in [0.1, 0.15) is 12.4 Å². The minimum Gasteiger partial charge on any atom is -0.489 e. The Morgan fingerprint density at radius 1 is 0.931 bits per heavy atom. The molecule has 0 heterocycles. The number of rotatable bonds is 8. The van der Waals surface area contributed by atoms with E-state index in [0.29, 0.717) is 12.2 Å². The molecule has 148 valence electrons. The summed E-state index contributed by atoms with van der Waals surface area (Å²) in [6, 6.07) is 23.2. The first kappa shape index (κ1) is 20.5. The van der Waals surface area contributed by atoms with Gasteiger partial charge in [0.15, 0.2) is 5.78 Å². The maximum absolute atomic E-state index is 12.3. The van der Waals surface area contributed by atoms with Crippen molar-refractivity contribution in [2.75, 3.05) is 7.05 Å². The molecular weight excluding hydrogens is 386 g/mol. The molecule has 3 aromatic rings. The average molecular weight is 407 g/mol. The van der Waals surface area contributed by atoms with E-state index < -0.39 is 10.0 Å². The zero-order valence-electron chi connectivity index (χ0n) is 15.9. The van der Waals surface area contributed by atoms with Crippen LogP contribution in [0.15, 0.2) is 89.8 Å². The molecule has 0 aliphatic heterocycles. The quantitative estimate of drug-likeness (QED) is 0.451. The van der Waals surface area contributed by atoms with Gasteiger partial charge in [0.05, 0.1) is 4.90 Å². The second kappa shape index (κ2) is 9.32. The van der Waals surface area contributed by atoms with Crippen molar-refractivity contribution in [3.8, 4) is 5.75 Å². The van der Waals surface area contributed by atoms with Crippen molar-refractivity contribution < 1.29 is 17.9 Å². The van der Waals surface area contributed by atoms with Gasteiger partial charge in [-0.05, 0) is 60.6 Å². The highest BCUT2D eigenvalue weighted by Crippen LogP contribution is 2.16. The van der Waals surface area contributed by atoms with E-state index in [9.17, 15) is 13.2 Å². The van der Waals surface area contributed by atoms with E-state index >= 15 is 0 Å². The minimum atomic E-state index is -3.51. The number of benzene rings is 3. The normalized spacial score (nSPS) is 11.5. The highest BCUT2D eigenvalue weighted by molar-refractivity contribution is 7.89. The molecular formula is C23H21NO4S. The number of hydrogen-bond donors (Lipinski definition) is 1. The first-order chi connectivity index (χ1) is 14.0. The van der Waals surface area contributed by atoms with Gasteiger partial charge in [-0.2, -0.15) is 0 Å². The van der Waals surface area contributed by atoms with Gasteiger partial charge in [-0.1, -0.05) is 48.5 Å². The summed E-state index contributed by atoms with van der Waals surface area (Å²) in [6.07, 6.45) is 3.17. The van der Waals surface area contributed by atoms with Gasteiger partial charge < -0.3 is 4.74 Å². The first-order valence-corrected chi connectivity index (χ1v) is 10.5. The van der Waals surface area contributed by atoms with Crippen LogP contribution in [0.3, 0.4) is 0 Å². The Morgan fingerprint density at radius 2 is 1.59 bits per heavy atom. The maximum atomic E-state index is 12.3. The first-order valence-electron chi connectivity index (χ1n) is 9.01. The van der Waals surface area contributed by atoms with Crippen molar-refractivity contribution in [2.24, 2.45) is 0 Å². The van der Waals surface area contributed by atoms with Crippen LogP contribution in [0.25, 0.3) is 6.08 Å². The third-order valence-corrected chi connectivity index (χ3v) is 5.70. The number of nitrogens with one attached hydrogen (secondary N) is 1. The molecule has 29 heavy (non-hydrogen) atoms. The summed E-state index contributed by atoms with van der Waals surface area (Å²) in [5.41, 5.74) is 2.37. The second-order valence-electron chi connectivity index (χ2n) is 6.27. The molecule has 0 unspecified atom stereocenters. The van der Waals surface area contributed by atoms with Crippen LogP contribution in [-0.2, 0) is 16.6 Å². The summed E-state index contributed by atoms with van der Waals surface area (Å²) < 4.78 is 31.4. The Hall–Kier alpha value is -3.22. The molecule has 0 atom stereocenters. The highest BCUT2D eigenvalue weighted by Gasteiger charge is 2.11.